The van der Waals surface area contributed by atoms with Gasteiger partial charge in [0.2, 0.25) is 0 Å². The number of nitrogens with zero attached hydrogens (tertiary/aromatic N) is 3. The number of rotatable bonds is 3. The molecule has 1 aliphatic carbocycles. The molecular formula is C14H18ClN3. The van der Waals surface area contributed by atoms with E-state index in [4.69, 9.17) is 11.6 Å². The van der Waals surface area contributed by atoms with Crippen molar-refractivity contribution in [2.24, 2.45) is 5.41 Å². The maximum Gasteiger partial charge on any atom is 0.160 e. The minimum Gasteiger partial charge on any atom is -0.311 e. The summed E-state index contributed by atoms with van der Waals surface area (Å²) in [5.41, 5.74) is 2.31. The molecule has 2 aromatic heterocycles. The van der Waals surface area contributed by atoms with Gasteiger partial charge in [-0.25, -0.2) is 9.97 Å². The minimum atomic E-state index is 0.381. The summed E-state index contributed by atoms with van der Waals surface area (Å²) in [6, 6.07) is 3.93. The zero-order valence-electron chi connectivity index (χ0n) is 10.7. The Kier molecular flexibility index (Phi) is 3.02. The third-order valence-electron chi connectivity index (χ3n) is 4.05. The smallest absolute Gasteiger partial charge is 0.160 e. The highest BCUT2D eigenvalue weighted by atomic mass is 35.5. The predicted octanol–water partition coefficient (Wildman–Crippen LogP) is 3.75. The monoisotopic (exact) mass is 263 g/mol. The lowest BCUT2D eigenvalue weighted by atomic mass is 9.89. The van der Waals surface area contributed by atoms with Crippen LogP contribution in [0.5, 0.6) is 0 Å². The number of hydrogen-bond donors (Lipinski definition) is 0. The van der Waals surface area contributed by atoms with Gasteiger partial charge in [0.05, 0.1) is 5.88 Å². The molecule has 0 bridgehead atoms. The molecule has 1 aliphatic rings. The van der Waals surface area contributed by atoms with E-state index in [-0.39, 0.29) is 0 Å². The Morgan fingerprint density at radius 3 is 2.89 bits per heavy atom. The van der Waals surface area contributed by atoms with E-state index in [0.717, 1.165) is 23.5 Å². The molecule has 0 aromatic carbocycles. The van der Waals surface area contributed by atoms with Gasteiger partial charge < -0.3 is 4.57 Å². The summed E-state index contributed by atoms with van der Waals surface area (Å²) in [7, 11) is 0. The van der Waals surface area contributed by atoms with Gasteiger partial charge in [-0.15, -0.1) is 11.6 Å². The van der Waals surface area contributed by atoms with Gasteiger partial charge in [0.15, 0.2) is 5.65 Å². The van der Waals surface area contributed by atoms with Crippen LogP contribution in [0.15, 0.2) is 18.3 Å². The van der Waals surface area contributed by atoms with E-state index >= 15 is 0 Å². The van der Waals surface area contributed by atoms with Gasteiger partial charge in [-0.1, -0.05) is 19.8 Å². The molecule has 96 valence electrons. The van der Waals surface area contributed by atoms with Crippen LogP contribution < -0.4 is 0 Å². The van der Waals surface area contributed by atoms with Gasteiger partial charge in [-0.3, -0.25) is 0 Å². The van der Waals surface area contributed by atoms with Crippen molar-refractivity contribution in [3.05, 3.63) is 24.2 Å². The van der Waals surface area contributed by atoms with Crippen LogP contribution in [0.1, 0.15) is 38.4 Å². The molecule has 18 heavy (non-hydrogen) atoms. The Balaban J connectivity index is 2.04. The van der Waals surface area contributed by atoms with Crippen molar-refractivity contribution in [1.29, 1.82) is 0 Å². The van der Waals surface area contributed by atoms with Gasteiger partial charge in [0, 0.05) is 12.7 Å². The summed E-state index contributed by atoms with van der Waals surface area (Å²) in [6.45, 7) is 3.36. The second kappa shape index (κ2) is 4.54. The van der Waals surface area contributed by atoms with Crippen molar-refractivity contribution in [2.75, 3.05) is 0 Å². The van der Waals surface area contributed by atoms with Crippen molar-refractivity contribution < 1.29 is 0 Å². The summed E-state index contributed by atoms with van der Waals surface area (Å²) in [6.07, 6.45) is 7.09. The zero-order chi connectivity index (χ0) is 12.6. The number of halogens is 1. The van der Waals surface area contributed by atoms with Crippen LogP contribution in [-0.2, 0) is 12.4 Å². The van der Waals surface area contributed by atoms with Gasteiger partial charge in [0.25, 0.3) is 0 Å². The number of alkyl halides is 1. The van der Waals surface area contributed by atoms with E-state index in [0.29, 0.717) is 11.3 Å². The quantitative estimate of drug-likeness (QED) is 0.790. The van der Waals surface area contributed by atoms with Crippen LogP contribution in [0.2, 0.25) is 0 Å². The molecular weight excluding hydrogens is 246 g/mol. The first kappa shape index (κ1) is 12.0. The fraction of sp³-hybridized carbons (Fsp3) is 0.571. The highest BCUT2D eigenvalue weighted by molar-refractivity contribution is 6.16. The maximum atomic E-state index is 6.02. The summed E-state index contributed by atoms with van der Waals surface area (Å²) in [5.74, 6) is 1.39. The number of imidazole rings is 1. The second-order valence-electron chi connectivity index (χ2n) is 5.61. The topological polar surface area (TPSA) is 30.7 Å². The maximum absolute atomic E-state index is 6.02. The average molecular weight is 264 g/mol. The fourth-order valence-electron chi connectivity index (χ4n) is 3.04. The summed E-state index contributed by atoms with van der Waals surface area (Å²) < 4.78 is 2.22. The second-order valence-corrected chi connectivity index (χ2v) is 5.88. The molecule has 4 heteroatoms. The molecule has 2 heterocycles. The first-order valence-corrected chi connectivity index (χ1v) is 7.11. The van der Waals surface area contributed by atoms with Crippen molar-refractivity contribution >= 4 is 22.8 Å². The molecule has 3 rings (SSSR count). The van der Waals surface area contributed by atoms with Gasteiger partial charge in [0.1, 0.15) is 11.3 Å². The van der Waals surface area contributed by atoms with Crippen LogP contribution >= 0.6 is 11.6 Å². The van der Waals surface area contributed by atoms with Crippen molar-refractivity contribution in [3.63, 3.8) is 0 Å². The number of fused-ring (bicyclic) bond motifs is 1. The molecule has 0 amide bonds. The molecule has 0 atom stereocenters. The fourth-order valence-corrected chi connectivity index (χ4v) is 3.25. The first-order valence-electron chi connectivity index (χ1n) is 6.58. The average Bonchev–Trinajstić information content (AvgIpc) is 2.95. The van der Waals surface area contributed by atoms with Crippen molar-refractivity contribution in [2.45, 2.75) is 45.0 Å². The van der Waals surface area contributed by atoms with Crippen LogP contribution in [0.4, 0.5) is 0 Å². The van der Waals surface area contributed by atoms with Crippen LogP contribution in [0, 0.1) is 5.41 Å². The lowest BCUT2D eigenvalue weighted by molar-refractivity contribution is 0.282. The number of hydrogen-bond acceptors (Lipinski definition) is 2. The Labute approximate surface area is 112 Å². The molecule has 0 saturated heterocycles. The van der Waals surface area contributed by atoms with Crippen molar-refractivity contribution in [3.8, 4) is 0 Å². The molecule has 3 nitrogen and oxygen atoms in total. The Morgan fingerprint density at radius 2 is 2.17 bits per heavy atom. The largest absolute Gasteiger partial charge is 0.311 e. The number of pyridine rings is 1. The molecule has 0 radical (unpaired) electrons. The predicted molar refractivity (Wildman–Crippen MR) is 73.7 cm³/mol. The van der Waals surface area contributed by atoms with Gasteiger partial charge >= 0.3 is 0 Å². The standard InChI is InChI=1S/C14H18ClN3/c1-14(6-2-3-7-14)10-18-12(9-15)17-11-5-4-8-16-13(11)18/h4-5,8H,2-3,6-7,9-10H2,1H3. The Hall–Kier alpha value is -1.09. The molecule has 0 N–H and O–H groups in total. The van der Waals surface area contributed by atoms with E-state index in [1.807, 2.05) is 18.3 Å². The highest BCUT2D eigenvalue weighted by Gasteiger charge is 2.30. The van der Waals surface area contributed by atoms with E-state index in [1.165, 1.54) is 25.7 Å². The van der Waals surface area contributed by atoms with E-state index in [1.54, 1.807) is 0 Å². The first-order chi connectivity index (χ1) is 8.72. The number of aromatic nitrogens is 3. The lowest BCUT2D eigenvalue weighted by Gasteiger charge is -2.25. The molecule has 2 aromatic rings. The van der Waals surface area contributed by atoms with Crippen LogP contribution in [0.25, 0.3) is 11.2 Å². The summed E-state index contributed by atoms with van der Waals surface area (Å²) >= 11 is 6.02. The summed E-state index contributed by atoms with van der Waals surface area (Å²) in [5, 5.41) is 0. The summed E-state index contributed by atoms with van der Waals surface area (Å²) in [4.78, 5) is 9.04. The molecule has 0 spiro atoms. The molecule has 0 unspecified atom stereocenters. The van der Waals surface area contributed by atoms with E-state index in [9.17, 15) is 0 Å². The van der Waals surface area contributed by atoms with Crippen molar-refractivity contribution in [1.82, 2.24) is 14.5 Å². The Morgan fingerprint density at radius 1 is 1.39 bits per heavy atom. The molecule has 1 fully saturated rings. The minimum absolute atomic E-state index is 0.381. The zero-order valence-corrected chi connectivity index (χ0v) is 11.5. The molecule has 0 aliphatic heterocycles. The normalized spacial score (nSPS) is 18.6. The van der Waals surface area contributed by atoms with Crippen LogP contribution in [-0.4, -0.2) is 14.5 Å². The molecule has 1 saturated carbocycles. The van der Waals surface area contributed by atoms with Gasteiger partial charge in [-0.05, 0) is 30.4 Å². The van der Waals surface area contributed by atoms with Gasteiger partial charge in [-0.2, -0.15) is 0 Å². The third-order valence-corrected chi connectivity index (χ3v) is 4.29. The Bertz CT molecular complexity index is 555. The highest BCUT2D eigenvalue weighted by Crippen LogP contribution is 2.39. The SMILES string of the molecule is CC1(Cn2c(CCl)nc3cccnc32)CCCC1. The van der Waals surface area contributed by atoms with Crippen LogP contribution in [0.3, 0.4) is 0 Å². The van der Waals surface area contributed by atoms with E-state index < -0.39 is 0 Å². The van der Waals surface area contributed by atoms with E-state index in [2.05, 4.69) is 21.5 Å². The third kappa shape index (κ3) is 2.01. The lowest BCUT2D eigenvalue weighted by Crippen LogP contribution is -2.21.